The van der Waals surface area contributed by atoms with Gasteiger partial charge in [0.2, 0.25) is 0 Å². The number of hydrogen-bond donors (Lipinski definition) is 1. The fourth-order valence-electron chi connectivity index (χ4n) is 5.33. The van der Waals surface area contributed by atoms with Crippen molar-refractivity contribution in [3.8, 4) is 0 Å². The molecule has 6 rings (SSSR count). The number of para-hydroxylation sites is 1. The molecule has 1 saturated heterocycles. The van der Waals surface area contributed by atoms with Crippen molar-refractivity contribution in [3.05, 3.63) is 90.5 Å². The summed E-state index contributed by atoms with van der Waals surface area (Å²) in [5, 5.41) is 7.76. The molecule has 1 N–H and O–H groups in total. The first kappa shape index (κ1) is 22.6. The van der Waals surface area contributed by atoms with Crippen molar-refractivity contribution >= 4 is 44.3 Å². The zero-order valence-corrected chi connectivity index (χ0v) is 20.5. The SMILES string of the molecule is O=C(NCCCCN1CCN(c2cccc3ccccc23)CC1)c1ccc2oc3ccccc3c2c1. The number of furan rings is 1. The minimum atomic E-state index is -0.0223. The number of nitrogens with one attached hydrogen (secondary N) is 1. The highest BCUT2D eigenvalue weighted by atomic mass is 16.3. The summed E-state index contributed by atoms with van der Waals surface area (Å²) in [7, 11) is 0. The molecule has 182 valence electrons. The van der Waals surface area contributed by atoms with Crippen LogP contribution >= 0.6 is 0 Å². The normalized spacial score (nSPS) is 14.6. The predicted molar refractivity (Wildman–Crippen MR) is 148 cm³/mol. The summed E-state index contributed by atoms with van der Waals surface area (Å²) in [5.41, 5.74) is 3.69. The van der Waals surface area contributed by atoms with Gasteiger partial charge in [-0.25, -0.2) is 0 Å². The molecule has 0 saturated carbocycles. The second-order valence-electron chi connectivity index (χ2n) is 9.60. The number of carbonyl (C=O) groups excluding carboxylic acids is 1. The van der Waals surface area contributed by atoms with Gasteiger partial charge in [0.1, 0.15) is 11.2 Å². The van der Waals surface area contributed by atoms with E-state index in [4.69, 9.17) is 4.42 Å². The first-order chi connectivity index (χ1) is 17.8. The van der Waals surface area contributed by atoms with E-state index in [1.165, 1.54) is 16.5 Å². The second kappa shape index (κ2) is 10.0. The van der Waals surface area contributed by atoms with Crippen molar-refractivity contribution in [2.75, 3.05) is 44.2 Å². The first-order valence-corrected chi connectivity index (χ1v) is 12.9. The molecule has 1 aromatic heterocycles. The van der Waals surface area contributed by atoms with Gasteiger partial charge in [-0.2, -0.15) is 0 Å². The fourth-order valence-corrected chi connectivity index (χ4v) is 5.33. The molecule has 1 amide bonds. The molecule has 5 heteroatoms. The lowest BCUT2D eigenvalue weighted by Crippen LogP contribution is -2.46. The topological polar surface area (TPSA) is 48.7 Å². The van der Waals surface area contributed by atoms with E-state index in [1.807, 2.05) is 42.5 Å². The molecule has 4 aromatic carbocycles. The molecule has 5 aromatic rings. The minimum absolute atomic E-state index is 0.0223. The zero-order valence-electron chi connectivity index (χ0n) is 20.5. The number of amides is 1. The average Bonchev–Trinajstić information content (AvgIpc) is 3.31. The van der Waals surface area contributed by atoms with Crippen molar-refractivity contribution in [2.24, 2.45) is 0 Å². The molecule has 0 radical (unpaired) electrons. The highest BCUT2D eigenvalue weighted by Crippen LogP contribution is 2.29. The Morgan fingerprint density at radius 1 is 0.750 bits per heavy atom. The van der Waals surface area contributed by atoms with Crippen molar-refractivity contribution in [2.45, 2.75) is 12.8 Å². The molecular weight excluding hydrogens is 446 g/mol. The van der Waals surface area contributed by atoms with Crippen LogP contribution < -0.4 is 10.2 Å². The average molecular weight is 478 g/mol. The van der Waals surface area contributed by atoms with Gasteiger partial charge >= 0.3 is 0 Å². The van der Waals surface area contributed by atoms with E-state index >= 15 is 0 Å². The summed E-state index contributed by atoms with van der Waals surface area (Å²) >= 11 is 0. The zero-order chi connectivity index (χ0) is 24.3. The summed E-state index contributed by atoms with van der Waals surface area (Å²) in [4.78, 5) is 17.8. The summed E-state index contributed by atoms with van der Waals surface area (Å²) in [6.45, 7) is 6.03. The number of fused-ring (bicyclic) bond motifs is 4. The Kier molecular flexibility index (Phi) is 6.31. The van der Waals surface area contributed by atoms with Gasteiger partial charge in [0.25, 0.3) is 5.91 Å². The van der Waals surface area contributed by atoms with Crippen LogP contribution in [-0.2, 0) is 0 Å². The van der Waals surface area contributed by atoms with Gasteiger partial charge in [0, 0.05) is 60.1 Å². The van der Waals surface area contributed by atoms with Crippen LogP contribution in [0.5, 0.6) is 0 Å². The van der Waals surface area contributed by atoms with E-state index in [0.717, 1.165) is 67.5 Å². The summed E-state index contributed by atoms with van der Waals surface area (Å²) in [5.74, 6) is -0.0223. The predicted octanol–water partition coefficient (Wildman–Crippen LogP) is 6.07. The van der Waals surface area contributed by atoms with Crippen LogP contribution in [0, 0.1) is 0 Å². The Labute approximate surface area is 211 Å². The van der Waals surface area contributed by atoms with E-state index in [9.17, 15) is 4.79 Å². The lowest BCUT2D eigenvalue weighted by molar-refractivity contribution is 0.0952. The van der Waals surface area contributed by atoms with Crippen molar-refractivity contribution in [3.63, 3.8) is 0 Å². The number of anilines is 1. The Morgan fingerprint density at radius 2 is 1.50 bits per heavy atom. The molecule has 0 aliphatic carbocycles. The smallest absolute Gasteiger partial charge is 0.251 e. The summed E-state index contributed by atoms with van der Waals surface area (Å²) < 4.78 is 5.87. The van der Waals surface area contributed by atoms with Gasteiger partial charge in [-0.1, -0.05) is 54.6 Å². The molecular formula is C31H31N3O2. The molecule has 1 aliphatic rings. The molecule has 1 aliphatic heterocycles. The molecule has 0 atom stereocenters. The third kappa shape index (κ3) is 4.54. The van der Waals surface area contributed by atoms with Crippen LogP contribution in [0.25, 0.3) is 32.7 Å². The molecule has 36 heavy (non-hydrogen) atoms. The first-order valence-electron chi connectivity index (χ1n) is 12.9. The minimum Gasteiger partial charge on any atom is -0.456 e. The van der Waals surface area contributed by atoms with E-state index in [2.05, 4.69) is 57.6 Å². The van der Waals surface area contributed by atoms with Gasteiger partial charge in [-0.3, -0.25) is 9.69 Å². The Morgan fingerprint density at radius 3 is 2.39 bits per heavy atom. The molecule has 0 unspecified atom stereocenters. The fraction of sp³-hybridized carbons (Fsp3) is 0.258. The van der Waals surface area contributed by atoms with Crippen molar-refractivity contribution < 1.29 is 9.21 Å². The molecule has 0 bridgehead atoms. The number of hydrogen-bond acceptors (Lipinski definition) is 4. The quantitative estimate of drug-likeness (QED) is 0.289. The lowest BCUT2D eigenvalue weighted by atomic mass is 10.1. The van der Waals surface area contributed by atoms with E-state index in [1.54, 1.807) is 0 Å². The highest BCUT2D eigenvalue weighted by Gasteiger charge is 2.18. The van der Waals surface area contributed by atoms with Gasteiger partial charge in [0.05, 0.1) is 0 Å². The van der Waals surface area contributed by atoms with Crippen LogP contribution in [0.3, 0.4) is 0 Å². The monoisotopic (exact) mass is 477 g/mol. The van der Waals surface area contributed by atoms with E-state index in [-0.39, 0.29) is 5.91 Å². The number of carbonyl (C=O) groups is 1. The number of benzene rings is 4. The van der Waals surface area contributed by atoms with Crippen molar-refractivity contribution in [1.29, 1.82) is 0 Å². The summed E-state index contributed by atoms with van der Waals surface area (Å²) in [6.07, 6.45) is 2.06. The van der Waals surface area contributed by atoms with Gasteiger partial charge in [-0.05, 0) is 55.1 Å². The number of rotatable bonds is 7. The standard InChI is InChI=1S/C31H31N3O2/c35-31(24-14-15-30-27(22-24)26-11-3-4-13-29(26)36-30)32-16-5-6-17-33-18-20-34(21-19-33)28-12-7-9-23-8-1-2-10-25(23)28/h1-4,7-15,22H,5-6,16-21H2,(H,32,35). The van der Waals surface area contributed by atoms with Crippen LogP contribution in [0.1, 0.15) is 23.2 Å². The number of piperazine rings is 1. The van der Waals surface area contributed by atoms with Gasteiger partial charge < -0.3 is 14.6 Å². The number of nitrogens with zero attached hydrogens (tertiary/aromatic N) is 2. The molecule has 5 nitrogen and oxygen atoms in total. The van der Waals surface area contributed by atoms with Crippen molar-refractivity contribution in [1.82, 2.24) is 10.2 Å². The Bertz CT molecular complexity index is 1510. The third-order valence-electron chi connectivity index (χ3n) is 7.31. The van der Waals surface area contributed by atoms with Gasteiger partial charge in [-0.15, -0.1) is 0 Å². The Balaban J connectivity index is 0.962. The van der Waals surface area contributed by atoms with Crippen LogP contribution in [-0.4, -0.2) is 50.1 Å². The molecule has 0 spiro atoms. The molecule has 2 heterocycles. The number of unbranched alkanes of at least 4 members (excludes halogenated alkanes) is 1. The lowest BCUT2D eigenvalue weighted by Gasteiger charge is -2.36. The van der Waals surface area contributed by atoms with E-state index < -0.39 is 0 Å². The van der Waals surface area contributed by atoms with E-state index in [0.29, 0.717) is 12.1 Å². The van der Waals surface area contributed by atoms with Gasteiger partial charge in [0.15, 0.2) is 0 Å². The maximum atomic E-state index is 12.7. The second-order valence-corrected chi connectivity index (χ2v) is 9.60. The van der Waals surface area contributed by atoms with Crippen LogP contribution in [0.15, 0.2) is 89.3 Å². The van der Waals surface area contributed by atoms with Crippen LogP contribution in [0.2, 0.25) is 0 Å². The largest absolute Gasteiger partial charge is 0.456 e. The Hall–Kier alpha value is -3.83. The summed E-state index contributed by atoms with van der Waals surface area (Å²) in [6, 6.07) is 28.8. The maximum Gasteiger partial charge on any atom is 0.251 e. The maximum absolute atomic E-state index is 12.7. The van der Waals surface area contributed by atoms with Crippen LogP contribution in [0.4, 0.5) is 5.69 Å². The molecule has 1 fully saturated rings. The highest BCUT2D eigenvalue weighted by molar-refractivity contribution is 6.08. The third-order valence-corrected chi connectivity index (χ3v) is 7.31.